The first kappa shape index (κ1) is 24.2. The molecule has 2 heterocycles. The van der Waals surface area contributed by atoms with E-state index >= 15 is 0 Å². The summed E-state index contributed by atoms with van der Waals surface area (Å²) in [5.74, 6) is -1.47. The zero-order chi connectivity index (χ0) is 24.3. The fourth-order valence-corrected chi connectivity index (χ4v) is 4.55. The van der Waals surface area contributed by atoms with Gasteiger partial charge in [0.15, 0.2) is 0 Å². The van der Waals surface area contributed by atoms with E-state index in [9.17, 15) is 22.8 Å². The Hall–Kier alpha value is -2.95. The Morgan fingerprint density at radius 3 is 2.47 bits per heavy atom. The van der Waals surface area contributed by atoms with Gasteiger partial charge in [0.1, 0.15) is 0 Å². The lowest BCUT2D eigenvalue weighted by Crippen LogP contribution is -2.56. The van der Waals surface area contributed by atoms with E-state index in [2.05, 4.69) is 15.6 Å². The number of ether oxygens (including phenoxy) is 1. The Morgan fingerprint density at radius 2 is 1.82 bits per heavy atom. The molecule has 10 heteroatoms. The first-order valence-corrected chi connectivity index (χ1v) is 11.1. The first-order valence-electron chi connectivity index (χ1n) is 11.1. The average Bonchev–Trinajstić information content (AvgIpc) is 3.15. The van der Waals surface area contributed by atoms with Crippen LogP contribution in [0.2, 0.25) is 0 Å². The lowest BCUT2D eigenvalue weighted by molar-refractivity contribution is -0.137. The molecule has 2 aromatic rings. The number of piperidine rings is 1. The van der Waals surface area contributed by atoms with Crippen LogP contribution in [0, 0.1) is 11.8 Å². The van der Waals surface area contributed by atoms with E-state index in [1.54, 1.807) is 7.11 Å². The summed E-state index contributed by atoms with van der Waals surface area (Å²) >= 11 is 0. The predicted octanol–water partition coefficient (Wildman–Crippen LogP) is 3.15. The highest BCUT2D eigenvalue weighted by Gasteiger charge is 2.50. The van der Waals surface area contributed by atoms with Crippen molar-refractivity contribution in [1.82, 2.24) is 10.3 Å². The number of nitrogens with one attached hydrogen (secondary N) is 2. The number of benzene rings is 2. The van der Waals surface area contributed by atoms with Crippen LogP contribution in [0.3, 0.4) is 0 Å². The number of hydrogen-bond acceptors (Lipinski definition) is 5. The lowest BCUT2D eigenvalue weighted by Gasteiger charge is -2.38. The van der Waals surface area contributed by atoms with Gasteiger partial charge in [-0.1, -0.05) is 18.2 Å². The number of alkyl halides is 3. The van der Waals surface area contributed by atoms with E-state index in [-0.39, 0.29) is 17.5 Å². The SMILES string of the molecule is COCCCN1CC(C(=O)Nc2ccc(C(F)(F)F)cc2)C2NN(c3ccccc3)C(=O)C2C1. The predicted molar refractivity (Wildman–Crippen MR) is 121 cm³/mol. The Kier molecular flexibility index (Phi) is 7.20. The van der Waals surface area contributed by atoms with E-state index < -0.39 is 29.6 Å². The molecule has 0 bridgehead atoms. The quantitative estimate of drug-likeness (QED) is 0.601. The van der Waals surface area contributed by atoms with Crippen LogP contribution in [0.5, 0.6) is 0 Å². The molecule has 2 aliphatic rings. The van der Waals surface area contributed by atoms with Crippen LogP contribution in [-0.4, -0.2) is 56.1 Å². The summed E-state index contributed by atoms with van der Waals surface area (Å²) in [6, 6.07) is 13.1. The van der Waals surface area contributed by atoms with Crippen molar-refractivity contribution in [3.05, 3.63) is 60.2 Å². The fourth-order valence-electron chi connectivity index (χ4n) is 4.55. The van der Waals surface area contributed by atoms with Crippen LogP contribution in [0.4, 0.5) is 24.5 Å². The highest BCUT2D eigenvalue weighted by molar-refractivity contribution is 6.00. The van der Waals surface area contributed by atoms with Crippen molar-refractivity contribution in [2.45, 2.75) is 18.6 Å². The van der Waals surface area contributed by atoms with Crippen LogP contribution in [0.25, 0.3) is 0 Å². The molecule has 0 aromatic heterocycles. The van der Waals surface area contributed by atoms with E-state index in [4.69, 9.17) is 4.74 Å². The normalized spacial score (nSPS) is 23.1. The molecule has 3 atom stereocenters. The second-order valence-corrected chi connectivity index (χ2v) is 8.55. The lowest BCUT2D eigenvalue weighted by atomic mass is 9.83. The third kappa shape index (κ3) is 5.24. The number of rotatable bonds is 7. The number of amides is 2. The summed E-state index contributed by atoms with van der Waals surface area (Å²) < 4.78 is 43.7. The molecule has 0 aliphatic carbocycles. The summed E-state index contributed by atoms with van der Waals surface area (Å²) in [6.45, 7) is 2.16. The van der Waals surface area contributed by atoms with Gasteiger partial charge in [-0.05, 0) is 42.8 Å². The Morgan fingerprint density at radius 1 is 1.12 bits per heavy atom. The molecule has 34 heavy (non-hydrogen) atoms. The van der Waals surface area contributed by atoms with Crippen LogP contribution < -0.4 is 15.8 Å². The van der Waals surface area contributed by atoms with Crippen molar-refractivity contribution < 1.29 is 27.5 Å². The molecule has 2 N–H and O–H groups in total. The first-order chi connectivity index (χ1) is 16.3. The molecule has 2 saturated heterocycles. The number of hydrazine groups is 1. The molecular weight excluding hydrogens is 449 g/mol. The molecule has 0 radical (unpaired) electrons. The van der Waals surface area contributed by atoms with Crippen molar-refractivity contribution in [2.75, 3.05) is 43.7 Å². The molecule has 2 aromatic carbocycles. The van der Waals surface area contributed by atoms with Crippen LogP contribution in [0.15, 0.2) is 54.6 Å². The highest BCUT2D eigenvalue weighted by atomic mass is 19.4. The largest absolute Gasteiger partial charge is 0.416 e. The number of fused-ring (bicyclic) bond motifs is 1. The second-order valence-electron chi connectivity index (χ2n) is 8.55. The minimum atomic E-state index is -4.45. The van der Waals surface area contributed by atoms with E-state index in [0.717, 1.165) is 18.6 Å². The van der Waals surface area contributed by atoms with Gasteiger partial charge in [0.25, 0.3) is 0 Å². The van der Waals surface area contributed by atoms with Gasteiger partial charge in [-0.15, -0.1) is 0 Å². The molecule has 2 amide bonds. The maximum Gasteiger partial charge on any atom is 0.416 e. The van der Waals surface area contributed by atoms with E-state index in [0.29, 0.717) is 31.9 Å². The molecule has 7 nitrogen and oxygen atoms in total. The van der Waals surface area contributed by atoms with Crippen LogP contribution in [-0.2, 0) is 20.5 Å². The standard InChI is InChI=1S/C24H27F3N4O3/c1-34-13-5-12-30-14-19(22(32)28-17-10-8-16(9-11-17)24(25,26)27)21-20(15-30)23(33)31(29-21)18-6-3-2-4-7-18/h2-4,6-11,19-21,29H,5,12-15H2,1H3,(H,28,32). The van der Waals surface area contributed by atoms with Gasteiger partial charge in [-0.2, -0.15) is 13.2 Å². The van der Waals surface area contributed by atoms with Gasteiger partial charge in [0, 0.05) is 39.0 Å². The number of carbonyl (C=O) groups excluding carboxylic acids is 2. The average molecular weight is 476 g/mol. The molecule has 182 valence electrons. The molecule has 2 aliphatic heterocycles. The minimum Gasteiger partial charge on any atom is -0.385 e. The van der Waals surface area contributed by atoms with Crippen molar-refractivity contribution in [3.8, 4) is 0 Å². The third-order valence-electron chi connectivity index (χ3n) is 6.25. The Labute approximate surface area is 195 Å². The highest BCUT2D eigenvalue weighted by Crippen LogP contribution is 2.33. The number of halogens is 3. The maximum absolute atomic E-state index is 13.3. The molecular formula is C24H27F3N4O3. The van der Waals surface area contributed by atoms with E-state index in [1.807, 2.05) is 30.3 Å². The zero-order valence-electron chi connectivity index (χ0n) is 18.7. The topological polar surface area (TPSA) is 73.9 Å². The van der Waals surface area contributed by atoms with Crippen LogP contribution >= 0.6 is 0 Å². The molecule has 4 rings (SSSR count). The molecule has 0 spiro atoms. The second kappa shape index (κ2) is 10.1. The van der Waals surface area contributed by atoms with Crippen molar-refractivity contribution in [2.24, 2.45) is 11.8 Å². The summed E-state index contributed by atoms with van der Waals surface area (Å²) in [5.41, 5.74) is 3.40. The number of hydrogen-bond donors (Lipinski definition) is 2. The van der Waals surface area contributed by atoms with Gasteiger partial charge in [-0.3, -0.25) is 9.59 Å². The summed E-state index contributed by atoms with van der Waals surface area (Å²) in [5, 5.41) is 4.23. The number of carbonyl (C=O) groups is 2. The summed E-state index contributed by atoms with van der Waals surface area (Å²) in [6.07, 6.45) is -3.69. The monoisotopic (exact) mass is 476 g/mol. The smallest absolute Gasteiger partial charge is 0.385 e. The molecule has 3 unspecified atom stereocenters. The zero-order valence-corrected chi connectivity index (χ0v) is 18.7. The van der Waals surface area contributed by atoms with E-state index in [1.165, 1.54) is 17.1 Å². The van der Waals surface area contributed by atoms with Crippen LogP contribution in [0.1, 0.15) is 12.0 Å². The summed E-state index contributed by atoms with van der Waals surface area (Å²) in [4.78, 5) is 28.6. The molecule has 0 saturated carbocycles. The third-order valence-corrected chi connectivity index (χ3v) is 6.25. The molecule has 2 fully saturated rings. The maximum atomic E-state index is 13.3. The number of likely N-dealkylation sites (tertiary alicyclic amines) is 1. The Balaban J connectivity index is 1.53. The van der Waals surface area contributed by atoms with Gasteiger partial charge in [0.05, 0.1) is 29.1 Å². The summed E-state index contributed by atoms with van der Waals surface area (Å²) in [7, 11) is 1.62. The van der Waals surface area contributed by atoms with Gasteiger partial charge >= 0.3 is 6.18 Å². The van der Waals surface area contributed by atoms with Gasteiger partial charge < -0.3 is 15.0 Å². The van der Waals surface area contributed by atoms with Crippen molar-refractivity contribution in [3.63, 3.8) is 0 Å². The van der Waals surface area contributed by atoms with Crippen molar-refractivity contribution in [1.29, 1.82) is 0 Å². The minimum absolute atomic E-state index is 0.111. The van der Waals surface area contributed by atoms with Crippen molar-refractivity contribution >= 4 is 23.2 Å². The number of anilines is 2. The van der Waals surface area contributed by atoms with Gasteiger partial charge in [-0.25, -0.2) is 10.4 Å². The van der Waals surface area contributed by atoms with Gasteiger partial charge in [0.2, 0.25) is 11.8 Å². The number of methoxy groups -OCH3 is 1. The number of nitrogens with zero attached hydrogens (tertiary/aromatic N) is 2. The number of para-hydroxylation sites is 1. The Bertz CT molecular complexity index is 1000. The fraction of sp³-hybridized carbons (Fsp3) is 0.417.